The van der Waals surface area contributed by atoms with Crippen molar-refractivity contribution >= 4 is 27.5 Å². The van der Waals surface area contributed by atoms with E-state index in [-0.39, 0.29) is 5.84 Å². The van der Waals surface area contributed by atoms with E-state index in [0.29, 0.717) is 5.92 Å². The smallest absolute Gasteiger partial charge is 0.173 e. The Balaban J connectivity index is 3.04. The number of hydrogen-bond acceptors (Lipinski definition) is 3. The van der Waals surface area contributed by atoms with Crippen LogP contribution in [0.4, 0.5) is 5.69 Å². The van der Waals surface area contributed by atoms with Gasteiger partial charge in [-0.2, -0.15) is 0 Å². The molecule has 0 bridgehead atoms. The Morgan fingerprint density at radius 3 is 2.72 bits per heavy atom. The highest BCUT2D eigenvalue weighted by Crippen LogP contribution is 2.27. The average molecular weight is 314 g/mol. The predicted octanol–water partition coefficient (Wildman–Crippen LogP) is 3.03. The van der Waals surface area contributed by atoms with E-state index < -0.39 is 0 Å². The highest BCUT2D eigenvalue weighted by atomic mass is 79.9. The molecule has 0 amide bonds. The summed E-state index contributed by atoms with van der Waals surface area (Å²) in [4.78, 5) is 2.12. The van der Waals surface area contributed by atoms with Gasteiger partial charge in [-0.1, -0.05) is 25.1 Å². The zero-order chi connectivity index (χ0) is 13.7. The monoisotopic (exact) mass is 313 g/mol. The maximum absolute atomic E-state index is 8.86. The van der Waals surface area contributed by atoms with Crippen molar-refractivity contribution in [3.05, 3.63) is 28.2 Å². The molecule has 0 aliphatic carbocycles. The summed E-state index contributed by atoms with van der Waals surface area (Å²) in [5, 5.41) is 12.0. The molecule has 4 nitrogen and oxygen atoms in total. The molecular formula is C13H20BrN3O. The van der Waals surface area contributed by atoms with Crippen molar-refractivity contribution in [2.75, 3.05) is 18.5 Å². The van der Waals surface area contributed by atoms with Crippen molar-refractivity contribution < 1.29 is 5.21 Å². The van der Waals surface area contributed by atoms with Crippen molar-refractivity contribution in [1.82, 2.24) is 0 Å². The molecule has 1 aromatic carbocycles. The van der Waals surface area contributed by atoms with Crippen molar-refractivity contribution in [2.45, 2.75) is 20.3 Å². The van der Waals surface area contributed by atoms with Gasteiger partial charge in [-0.05, 0) is 40.4 Å². The summed E-state index contributed by atoms with van der Waals surface area (Å²) < 4.78 is 0.826. The Morgan fingerprint density at radius 2 is 2.17 bits per heavy atom. The zero-order valence-corrected chi connectivity index (χ0v) is 12.6. The molecule has 0 radical (unpaired) electrons. The summed E-state index contributed by atoms with van der Waals surface area (Å²) in [6.45, 7) is 5.32. The SMILES string of the molecule is CC(C)CCN(C)c1cccc(Br)c1/C(N)=N/O. The summed E-state index contributed by atoms with van der Waals surface area (Å²) in [6.07, 6.45) is 1.10. The first kappa shape index (κ1) is 14.8. The lowest BCUT2D eigenvalue weighted by molar-refractivity contribution is 0.318. The number of oxime groups is 1. The van der Waals surface area contributed by atoms with Gasteiger partial charge in [-0.3, -0.25) is 0 Å². The molecule has 1 rings (SSSR count). The van der Waals surface area contributed by atoms with Crippen LogP contribution in [-0.4, -0.2) is 24.6 Å². The van der Waals surface area contributed by atoms with E-state index in [4.69, 9.17) is 10.9 Å². The Kier molecular flexibility index (Phi) is 5.47. The van der Waals surface area contributed by atoms with E-state index in [1.165, 1.54) is 0 Å². The van der Waals surface area contributed by atoms with Crippen LogP contribution in [0.3, 0.4) is 0 Å². The first-order valence-corrected chi connectivity index (χ1v) is 6.74. The van der Waals surface area contributed by atoms with Gasteiger partial charge in [0.1, 0.15) is 0 Å². The van der Waals surface area contributed by atoms with Gasteiger partial charge in [0.2, 0.25) is 0 Å². The van der Waals surface area contributed by atoms with E-state index >= 15 is 0 Å². The first-order valence-electron chi connectivity index (χ1n) is 5.95. The number of nitrogens with two attached hydrogens (primary N) is 1. The van der Waals surface area contributed by atoms with Gasteiger partial charge in [-0.25, -0.2) is 0 Å². The molecule has 0 unspecified atom stereocenters. The lowest BCUT2D eigenvalue weighted by Gasteiger charge is -2.23. The minimum atomic E-state index is 0.119. The molecule has 18 heavy (non-hydrogen) atoms. The van der Waals surface area contributed by atoms with Gasteiger partial charge in [0.15, 0.2) is 5.84 Å². The highest BCUT2D eigenvalue weighted by Gasteiger charge is 2.14. The van der Waals surface area contributed by atoms with E-state index in [1.807, 2.05) is 25.2 Å². The number of hydrogen-bond donors (Lipinski definition) is 2. The minimum Gasteiger partial charge on any atom is -0.409 e. The van der Waals surface area contributed by atoms with Gasteiger partial charge in [0.05, 0.1) is 5.56 Å². The molecule has 5 heteroatoms. The molecule has 0 atom stereocenters. The molecule has 0 saturated carbocycles. The quantitative estimate of drug-likeness (QED) is 0.380. The minimum absolute atomic E-state index is 0.119. The topological polar surface area (TPSA) is 61.8 Å². The number of anilines is 1. The lowest BCUT2D eigenvalue weighted by Crippen LogP contribution is -2.25. The molecule has 1 aromatic rings. The Bertz CT molecular complexity index is 432. The van der Waals surface area contributed by atoms with Gasteiger partial charge in [0.25, 0.3) is 0 Å². The fraction of sp³-hybridized carbons (Fsp3) is 0.462. The van der Waals surface area contributed by atoms with Crippen molar-refractivity contribution in [3.8, 4) is 0 Å². The van der Waals surface area contributed by atoms with Gasteiger partial charge >= 0.3 is 0 Å². The second-order valence-corrected chi connectivity index (χ2v) is 5.58. The van der Waals surface area contributed by atoms with Crippen molar-refractivity contribution in [1.29, 1.82) is 0 Å². The molecule has 0 saturated heterocycles. The summed E-state index contributed by atoms with van der Waals surface area (Å²) in [6, 6.07) is 5.80. The fourth-order valence-corrected chi connectivity index (χ4v) is 2.27. The number of benzene rings is 1. The number of amidine groups is 1. The van der Waals surface area contributed by atoms with Crippen LogP contribution in [0.5, 0.6) is 0 Å². The van der Waals surface area contributed by atoms with E-state index in [9.17, 15) is 0 Å². The van der Waals surface area contributed by atoms with Crippen LogP contribution in [0.15, 0.2) is 27.8 Å². The highest BCUT2D eigenvalue weighted by molar-refractivity contribution is 9.10. The standard InChI is InChI=1S/C13H20BrN3O/c1-9(2)7-8-17(3)11-6-4-5-10(14)12(11)13(15)16-18/h4-6,9,18H,7-8H2,1-3H3,(H2,15,16). The lowest BCUT2D eigenvalue weighted by atomic mass is 10.1. The van der Waals surface area contributed by atoms with Gasteiger partial charge in [0, 0.05) is 23.8 Å². The number of rotatable bonds is 5. The molecular weight excluding hydrogens is 294 g/mol. The molecule has 0 aromatic heterocycles. The van der Waals surface area contributed by atoms with E-state index in [1.54, 1.807) is 0 Å². The molecule has 0 aliphatic rings. The van der Waals surface area contributed by atoms with E-state index in [2.05, 4.69) is 39.8 Å². The Morgan fingerprint density at radius 1 is 1.50 bits per heavy atom. The van der Waals surface area contributed by atoms with E-state index in [0.717, 1.165) is 28.7 Å². The summed E-state index contributed by atoms with van der Waals surface area (Å²) in [7, 11) is 2.01. The third-order valence-corrected chi connectivity index (χ3v) is 3.47. The normalized spacial score (nSPS) is 11.9. The molecule has 0 spiro atoms. The van der Waals surface area contributed by atoms with Gasteiger partial charge < -0.3 is 15.8 Å². The summed E-state index contributed by atoms with van der Waals surface area (Å²) in [5.41, 5.74) is 7.42. The largest absolute Gasteiger partial charge is 0.409 e. The predicted molar refractivity (Wildman–Crippen MR) is 79.4 cm³/mol. The molecule has 0 heterocycles. The van der Waals surface area contributed by atoms with Crippen LogP contribution in [0.2, 0.25) is 0 Å². The van der Waals surface area contributed by atoms with Crippen LogP contribution in [0.25, 0.3) is 0 Å². The average Bonchev–Trinajstić information content (AvgIpc) is 2.34. The van der Waals surface area contributed by atoms with Crippen LogP contribution in [0.1, 0.15) is 25.8 Å². The third kappa shape index (κ3) is 3.63. The summed E-state index contributed by atoms with van der Waals surface area (Å²) >= 11 is 3.44. The molecule has 0 fully saturated rings. The second kappa shape index (κ2) is 6.64. The molecule has 0 aliphatic heterocycles. The Labute approximate surface area is 117 Å². The second-order valence-electron chi connectivity index (χ2n) is 4.72. The maximum Gasteiger partial charge on any atom is 0.173 e. The van der Waals surface area contributed by atoms with Crippen LogP contribution in [0, 0.1) is 5.92 Å². The van der Waals surface area contributed by atoms with Crippen molar-refractivity contribution in [3.63, 3.8) is 0 Å². The summed E-state index contributed by atoms with van der Waals surface area (Å²) in [5.74, 6) is 0.765. The third-order valence-electron chi connectivity index (χ3n) is 2.81. The zero-order valence-electron chi connectivity index (χ0n) is 11.0. The van der Waals surface area contributed by atoms with Crippen LogP contribution in [-0.2, 0) is 0 Å². The number of halogens is 1. The number of nitrogens with zero attached hydrogens (tertiary/aromatic N) is 2. The molecule has 100 valence electrons. The van der Waals surface area contributed by atoms with Crippen LogP contribution < -0.4 is 10.6 Å². The van der Waals surface area contributed by atoms with Gasteiger partial charge in [-0.15, -0.1) is 0 Å². The van der Waals surface area contributed by atoms with Crippen molar-refractivity contribution in [2.24, 2.45) is 16.8 Å². The fourth-order valence-electron chi connectivity index (χ4n) is 1.71. The maximum atomic E-state index is 8.86. The molecule has 3 N–H and O–H groups in total. The first-order chi connectivity index (χ1) is 8.47. The Hall–Kier alpha value is -1.23. The van der Waals surface area contributed by atoms with Crippen LogP contribution >= 0.6 is 15.9 Å².